The number of hydrogen-bond acceptors (Lipinski definition) is 5. The molecule has 0 fully saturated rings. The van der Waals surface area contributed by atoms with E-state index in [-0.39, 0.29) is 17.1 Å². The highest BCUT2D eigenvalue weighted by Gasteiger charge is 2.23. The summed E-state index contributed by atoms with van der Waals surface area (Å²) in [6.07, 6.45) is 6.92. The van der Waals surface area contributed by atoms with Crippen LogP contribution >= 0.6 is 0 Å². The van der Waals surface area contributed by atoms with Crippen molar-refractivity contribution in [2.45, 2.75) is 78.6 Å². The summed E-state index contributed by atoms with van der Waals surface area (Å²) in [5.41, 5.74) is 4.75. The minimum absolute atomic E-state index is 0.177. The maximum Gasteiger partial charge on any atom is 0.306 e. The predicted octanol–water partition coefficient (Wildman–Crippen LogP) is 6.83. The molecular formula is C29H39N3O3. The highest BCUT2D eigenvalue weighted by atomic mass is 16.5. The van der Waals surface area contributed by atoms with Gasteiger partial charge in [0.2, 0.25) is 0 Å². The lowest BCUT2D eigenvalue weighted by molar-refractivity contribution is -0.143. The number of nitrogens with one attached hydrogen (secondary N) is 1. The summed E-state index contributed by atoms with van der Waals surface area (Å²) in [4.78, 5) is 12.4. The molecular weight excluding hydrogens is 438 g/mol. The van der Waals surface area contributed by atoms with Gasteiger partial charge in [0.1, 0.15) is 11.4 Å². The van der Waals surface area contributed by atoms with Crippen LogP contribution in [0, 0.1) is 5.92 Å². The fourth-order valence-electron chi connectivity index (χ4n) is 4.22. The van der Waals surface area contributed by atoms with Gasteiger partial charge in [0.05, 0.1) is 12.8 Å². The summed E-state index contributed by atoms with van der Waals surface area (Å²) >= 11 is 0. The number of benzene rings is 2. The molecule has 3 aromatic rings. The Labute approximate surface area is 209 Å². The average Bonchev–Trinajstić information content (AvgIpc) is 3.34. The zero-order valence-corrected chi connectivity index (χ0v) is 21.7. The third-order valence-corrected chi connectivity index (χ3v) is 6.19. The largest absolute Gasteiger partial charge is 0.507 e. The molecule has 1 aromatic heterocycles. The standard InChI is InChI=1S/C29H39N3O3/c1-20(2)11-7-6-10-16-35-27(33)15-14-21-17-24(28(34)25(18-21)29(3,4)5)22-12-8-9-13-23(22)26-19-30-32-31-26/h8-9,12-13,17-20,34H,6-7,10-11,14-16H2,1-5H3,(H,30,31,32). The average molecular weight is 478 g/mol. The van der Waals surface area contributed by atoms with Crippen molar-refractivity contribution in [1.29, 1.82) is 0 Å². The number of aromatic nitrogens is 3. The fraction of sp³-hybridized carbons (Fsp3) is 0.483. The molecule has 6 nitrogen and oxygen atoms in total. The number of hydrogen-bond donors (Lipinski definition) is 2. The van der Waals surface area contributed by atoms with E-state index in [2.05, 4.69) is 50.0 Å². The zero-order chi connectivity index (χ0) is 25.4. The van der Waals surface area contributed by atoms with Crippen molar-refractivity contribution in [3.8, 4) is 28.1 Å². The van der Waals surface area contributed by atoms with Gasteiger partial charge in [-0.05, 0) is 41.4 Å². The third kappa shape index (κ3) is 7.41. The van der Waals surface area contributed by atoms with Gasteiger partial charge in [0.15, 0.2) is 0 Å². The summed E-state index contributed by atoms with van der Waals surface area (Å²) in [6, 6.07) is 11.8. The zero-order valence-electron chi connectivity index (χ0n) is 21.7. The van der Waals surface area contributed by atoms with E-state index in [0.717, 1.165) is 40.7 Å². The number of ether oxygens (including phenoxy) is 1. The summed E-state index contributed by atoms with van der Waals surface area (Å²) in [5.74, 6) is 0.790. The van der Waals surface area contributed by atoms with E-state index in [9.17, 15) is 9.90 Å². The second-order valence-corrected chi connectivity index (χ2v) is 10.7. The second kappa shape index (κ2) is 12.0. The molecule has 0 aliphatic rings. The van der Waals surface area contributed by atoms with Crippen LogP contribution in [0.15, 0.2) is 42.6 Å². The molecule has 2 N–H and O–H groups in total. The smallest absolute Gasteiger partial charge is 0.306 e. The van der Waals surface area contributed by atoms with Gasteiger partial charge >= 0.3 is 5.97 Å². The number of carbonyl (C=O) groups is 1. The molecule has 0 spiro atoms. The van der Waals surface area contributed by atoms with Crippen molar-refractivity contribution < 1.29 is 14.6 Å². The first-order valence-electron chi connectivity index (χ1n) is 12.6. The van der Waals surface area contributed by atoms with Crippen LogP contribution in [0.4, 0.5) is 0 Å². The van der Waals surface area contributed by atoms with Crippen LogP contribution < -0.4 is 0 Å². The van der Waals surface area contributed by atoms with Crippen LogP contribution in [0.5, 0.6) is 5.75 Å². The van der Waals surface area contributed by atoms with Crippen molar-refractivity contribution in [2.24, 2.45) is 5.92 Å². The van der Waals surface area contributed by atoms with E-state index >= 15 is 0 Å². The first-order chi connectivity index (χ1) is 16.7. The van der Waals surface area contributed by atoms with Gasteiger partial charge < -0.3 is 9.84 Å². The number of carbonyl (C=O) groups excluding carboxylic acids is 1. The quantitative estimate of drug-likeness (QED) is 0.233. The number of aryl methyl sites for hydroxylation is 1. The molecule has 35 heavy (non-hydrogen) atoms. The lowest BCUT2D eigenvalue weighted by atomic mass is 9.82. The van der Waals surface area contributed by atoms with Crippen LogP contribution in [-0.2, 0) is 21.4 Å². The van der Waals surface area contributed by atoms with Crippen LogP contribution in [0.2, 0.25) is 0 Å². The van der Waals surface area contributed by atoms with Crippen LogP contribution in [0.3, 0.4) is 0 Å². The van der Waals surface area contributed by atoms with Gasteiger partial charge in [0.25, 0.3) is 0 Å². The van der Waals surface area contributed by atoms with Gasteiger partial charge in [-0.2, -0.15) is 15.4 Å². The number of esters is 1. The maximum absolute atomic E-state index is 12.4. The fourth-order valence-corrected chi connectivity index (χ4v) is 4.22. The van der Waals surface area contributed by atoms with E-state index in [1.165, 1.54) is 12.8 Å². The summed E-state index contributed by atoms with van der Waals surface area (Å²) in [7, 11) is 0. The Hall–Kier alpha value is -3.15. The van der Waals surface area contributed by atoms with Crippen molar-refractivity contribution in [1.82, 2.24) is 15.4 Å². The molecule has 0 radical (unpaired) electrons. The molecule has 0 unspecified atom stereocenters. The lowest BCUT2D eigenvalue weighted by Crippen LogP contribution is -2.13. The monoisotopic (exact) mass is 477 g/mol. The van der Waals surface area contributed by atoms with Gasteiger partial charge in [-0.15, -0.1) is 0 Å². The SMILES string of the molecule is CC(C)CCCCCOC(=O)CCc1cc(-c2ccccc2-c2cn[nH]n2)c(O)c(C(C)(C)C)c1. The molecule has 0 aliphatic carbocycles. The molecule has 0 amide bonds. The van der Waals surface area contributed by atoms with Crippen molar-refractivity contribution in [3.63, 3.8) is 0 Å². The van der Waals surface area contributed by atoms with Gasteiger partial charge in [-0.3, -0.25) is 4.79 Å². The van der Waals surface area contributed by atoms with Gasteiger partial charge in [-0.1, -0.05) is 84.2 Å². The second-order valence-electron chi connectivity index (χ2n) is 10.7. The lowest BCUT2D eigenvalue weighted by Gasteiger charge is -2.24. The molecule has 3 rings (SSSR count). The number of nitrogens with zero attached hydrogens (tertiary/aromatic N) is 2. The molecule has 2 aromatic carbocycles. The van der Waals surface area contributed by atoms with Crippen LogP contribution in [0.1, 0.15) is 77.8 Å². The van der Waals surface area contributed by atoms with Crippen molar-refractivity contribution in [2.75, 3.05) is 6.61 Å². The number of unbranched alkanes of at least 4 members (excludes halogenated alkanes) is 2. The number of phenolic OH excluding ortho intramolecular Hbond substituents is 1. The van der Waals surface area contributed by atoms with Gasteiger partial charge in [-0.25, -0.2) is 0 Å². The maximum atomic E-state index is 12.4. The first kappa shape index (κ1) is 26.5. The van der Waals surface area contributed by atoms with E-state index in [1.54, 1.807) is 6.20 Å². The van der Waals surface area contributed by atoms with E-state index < -0.39 is 0 Å². The van der Waals surface area contributed by atoms with Gasteiger partial charge in [0, 0.05) is 23.1 Å². The Kier molecular flexibility index (Phi) is 9.07. The molecule has 1 heterocycles. The summed E-state index contributed by atoms with van der Waals surface area (Å²) < 4.78 is 5.47. The molecule has 0 saturated carbocycles. The number of aromatic amines is 1. The van der Waals surface area contributed by atoms with E-state index in [0.29, 0.717) is 31.1 Å². The van der Waals surface area contributed by atoms with Crippen LogP contribution in [0.25, 0.3) is 22.4 Å². The third-order valence-electron chi connectivity index (χ3n) is 6.19. The number of phenols is 1. The minimum Gasteiger partial charge on any atom is -0.507 e. The number of rotatable bonds is 11. The predicted molar refractivity (Wildman–Crippen MR) is 140 cm³/mol. The van der Waals surface area contributed by atoms with Crippen molar-refractivity contribution >= 4 is 5.97 Å². The first-order valence-corrected chi connectivity index (χ1v) is 12.6. The topological polar surface area (TPSA) is 88.1 Å². The molecule has 6 heteroatoms. The molecule has 0 aliphatic heterocycles. The Morgan fingerprint density at radius 2 is 1.80 bits per heavy atom. The highest BCUT2D eigenvalue weighted by Crippen LogP contribution is 2.42. The summed E-state index contributed by atoms with van der Waals surface area (Å²) in [6.45, 7) is 11.2. The van der Waals surface area contributed by atoms with Crippen LogP contribution in [-0.4, -0.2) is 33.1 Å². The van der Waals surface area contributed by atoms with E-state index in [1.807, 2.05) is 36.4 Å². The Morgan fingerprint density at radius 3 is 2.46 bits per heavy atom. The Bertz CT molecular complexity index is 1100. The van der Waals surface area contributed by atoms with E-state index in [4.69, 9.17) is 4.74 Å². The normalized spacial score (nSPS) is 11.7. The minimum atomic E-state index is -0.270. The Morgan fingerprint density at radius 1 is 1.06 bits per heavy atom. The number of H-pyrrole nitrogens is 1. The molecule has 0 atom stereocenters. The number of aromatic hydroxyl groups is 1. The molecule has 0 bridgehead atoms. The Balaban J connectivity index is 1.77. The molecule has 188 valence electrons. The van der Waals surface area contributed by atoms with Crippen molar-refractivity contribution in [3.05, 3.63) is 53.7 Å². The highest BCUT2D eigenvalue weighted by molar-refractivity contribution is 5.85. The summed E-state index contributed by atoms with van der Waals surface area (Å²) in [5, 5.41) is 22.1. The molecule has 0 saturated heterocycles.